The summed E-state index contributed by atoms with van der Waals surface area (Å²) in [6, 6.07) is 3.48. The molecule has 0 fully saturated rings. The smallest absolute Gasteiger partial charge is 0.398 e. The topological polar surface area (TPSA) is 26.0 Å². The number of alkyl halides is 3. The number of rotatable bonds is 1. The molecule has 0 spiro atoms. The first-order chi connectivity index (χ1) is 6.32. The van der Waals surface area contributed by atoms with Crippen LogP contribution in [0.3, 0.4) is 0 Å². The average Bonchev–Trinajstić information content (AvgIpc) is 2.01. The highest BCUT2D eigenvalue weighted by Crippen LogP contribution is 2.32. The van der Waals surface area contributed by atoms with E-state index in [4.69, 9.17) is 5.73 Å². The number of hydrogen-bond donors (Lipinski definition) is 1. The van der Waals surface area contributed by atoms with Gasteiger partial charge in [-0.3, -0.25) is 0 Å². The second-order valence-corrected chi connectivity index (χ2v) is 3.50. The van der Waals surface area contributed by atoms with Gasteiger partial charge in [0.1, 0.15) is 0 Å². The summed E-state index contributed by atoms with van der Waals surface area (Å²) in [6.07, 6.45) is -4.32. The number of nitrogen functional groups attached to an aromatic ring is 1. The molecule has 0 bridgehead atoms. The van der Waals surface area contributed by atoms with Gasteiger partial charge in [0.2, 0.25) is 0 Å². The van der Waals surface area contributed by atoms with Gasteiger partial charge < -0.3 is 5.73 Å². The maximum absolute atomic E-state index is 12.2. The lowest BCUT2D eigenvalue weighted by atomic mass is 9.99. The summed E-state index contributed by atoms with van der Waals surface area (Å²) in [6.45, 7) is 3.78. The number of benzene rings is 1. The molecule has 0 heterocycles. The third-order valence-corrected chi connectivity index (χ3v) is 2.04. The van der Waals surface area contributed by atoms with Gasteiger partial charge in [-0.1, -0.05) is 19.9 Å². The molecule has 0 radical (unpaired) electrons. The van der Waals surface area contributed by atoms with Gasteiger partial charge in [0.05, 0.1) is 5.56 Å². The van der Waals surface area contributed by atoms with Crippen LogP contribution in [-0.2, 0) is 6.18 Å². The van der Waals surface area contributed by atoms with Crippen LogP contribution < -0.4 is 5.73 Å². The lowest BCUT2D eigenvalue weighted by molar-refractivity contribution is -0.137. The van der Waals surface area contributed by atoms with Crippen LogP contribution in [0.25, 0.3) is 0 Å². The minimum Gasteiger partial charge on any atom is -0.398 e. The number of halogens is 3. The Morgan fingerprint density at radius 2 is 1.79 bits per heavy atom. The van der Waals surface area contributed by atoms with Crippen LogP contribution in [0.5, 0.6) is 0 Å². The summed E-state index contributed by atoms with van der Waals surface area (Å²) >= 11 is 0. The van der Waals surface area contributed by atoms with Gasteiger partial charge in [0.25, 0.3) is 0 Å². The summed E-state index contributed by atoms with van der Waals surface area (Å²) < 4.78 is 36.7. The predicted molar refractivity (Wildman–Crippen MR) is 49.9 cm³/mol. The summed E-state index contributed by atoms with van der Waals surface area (Å²) in [4.78, 5) is 0. The van der Waals surface area contributed by atoms with Gasteiger partial charge >= 0.3 is 6.18 Å². The molecule has 0 atom stereocenters. The average molecular weight is 203 g/mol. The van der Waals surface area contributed by atoms with Crippen LogP contribution in [0, 0.1) is 0 Å². The summed E-state index contributed by atoms with van der Waals surface area (Å²) in [5.74, 6) is 0.136. The van der Waals surface area contributed by atoms with Crippen LogP contribution in [-0.4, -0.2) is 0 Å². The molecular formula is C10H12F3N. The van der Waals surface area contributed by atoms with E-state index in [0.29, 0.717) is 0 Å². The maximum atomic E-state index is 12.2. The van der Waals surface area contributed by atoms with Gasteiger partial charge in [-0.25, -0.2) is 0 Å². The Hall–Kier alpha value is -1.19. The molecule has 1 nitrogen and oxygen atoms in total. The third kappa shape index (κ3) is 2.19. The van der Waals surface area contributed by atoms with Crippen molar-refractivity contribution in [2.45, 2.75) is 25.9 Å². The molecule has 0 aromatic heterocycles. The number of nitrogens with two attached hydrogens (primary N) is 1. The lowest BCUT2D eigenvalue weighted by Gasteiger charge is -2.12. The molecule has 0 saturated heterocycles. The fourth-order valence-corrected chi connectivity index (χ4v) is 1.28. The molecule has 0 aliphatic heterocycles. The monoisotopic (exact) mass is 203 g/mol. The van der Waals surface area contributed by atoms with Crippen molar-refractivity contribution in [2.24, 2.45) is 0 Å². The van der Waals surface area contributed by atoms with Gasteiger partial charge in [0.15, 0.2) is 0 Å². The highest BCUT2D eigenvalue weighted by atomic mass is 19.4. The van der Waals surface area contributed by atoms with E-state index >= 15 is 0 Å². The standard InChI is InChI=1S/C10H12F3N/c1-6(2)8-4-3-7(5-9(8)14)10(11,12)13/h3-6H,14H2,1-2H3. The summed E-state index contributed by atoms with van der Waals surface area (Å²) in [5, 5.41) is 0. The van der Waals surface area contributed by atoms with Crippen LogP contribution in [0.1, 0.15) is 30.9 Å². The molecule has 1 aromatic carbocycles. The van der Waals surface area contributed by atoms with Crippen molar-refractivity contribution in [3.8, 4) is 0 Å². The number of anilines is 1. The lowest BCUT2D eigenvalue weighted by Crippen LogP contribution is -2.07. The molecule has 14 heavy (non-hydrogen) atoms. The first-order valence-corrected chi connectivity index (χ1v) is 4.29. The van der Waals surface area contributed by atoms with E-state index in [1.54, 1.807) is 0 Å². The minimum atomic E-state index is -4.32. The normalized spacial score (nSPS) is 12.1. The molecule has 1 rings (SSSR count). The van der Waals surface area contributed by atoms with Gasteiger partial charge in [0, 0.05) is 5.69 Å². The fourth-order valence-electron chi connectivity index (χ4n) is 1.28. The molecule has 1 aromatic rings. The summed E-state index contributed by atoms with van der Waals surface area (Å²) in [7, 11) is 0. The highest BCUT2D eigenvalue weighted by Gasteiger charge is 2.30. The molecule has 0 aliphatic rings. The maximum Gasteiger partial charge on any atom is 0.416 e. The minimum absolute atomic E-state index is 0.136. The van der Waals surface area contributed by atoms with Crippen LogP contribution >= 0.6 is 0 Å². The Balaban J connectivity index is 3.13. The Morgan fingerprint density at radius 3 is 2.14 bits per heavy atom. The Bertz CT molecular complexity index is 329. The van der Waals surface area contributed by atoms with E-state index in [1.165, 1.54) is 6.07 Å². The molecule has 4 heteroatoms. The summed E-state index contributed by atoms with van der Waals surface area (Å²) in [5.41, 5.74) is 5.78. The van der Waals surface area contributed by atoms with E-state index in [0.717, 1.165) is 17.7 Å². The SMILES string of the molecule is CC(C)c1ccc(C(F)(F)F)cc1N. The molecule has 0 amide bonds. The Kier molecular flexibility index (Phi) is 2.73. The van der Waals surface area contributed by atoms with Gasteiger partial charge in [-0.05, 0) is 23.6 Å². The predicted octanol–water partition coefficient (Wildman–Crippen LogP) is 3.41. The second kappa shape index (κ2) is 3.52. The van der Waals surface area contributed by atoms with E-state index in [2.05, 4.69) is 0 Å². The van der Waals surface area contributed by atoms with Crippen molar-refractivity contribution in [1.29, 1.82) is 0 Å². The van der Waals surface area contributed by atoms with E-state index in [9.17, 15) is 13.2 Å². The van der Waals surface area contributed by atoms with Gasteiger partial charge in [-0.15, -0.1) is 0 Å². The van der Waals surface area contributed by atoms with Crippen molar-refractivity contribution in [3.63, 3.8) is 0 Å². The molecule has 0 aliphatic carbocycles. The molecule has 78 valence electrons. The zero-order valence-electron chi connectivity index (χ0n) is 8.02. The zero-order chi connectivity index (χ0) is 10.9. The van der Waals surface area contributed by atoms with E-state index in [-0.39, 0.29) is 11.6 Å². The molecule has 0 unspecified atom stereocenters. The first kappa shape index (κ1) is 10.9. The Morgan fingerprint density at radius 1 is 1.21 bits per heavy atom. The third-order valence-electron chi connectivity index (χ3n) is 2.04. The molecule has 2 N–H and O–H groups in total. The van der Waals surface area contributed by atoms with Crippen molar-refractivity contribution in [2.75, 3.05) is 5.73 Å². The molecular weight excluding hydrogens is 191 g/mol. The van der Waals surface area contributed by atoms with Crippen LogP contribution in [0.2, 0.25) is 0 Å². The van der Waals surface area contributed by atoms with Gasteiger partial charge in [-0.2, -0.15) is 13.2 Å². The van der Waals surface area contributed by atoms with Crippen LogP contribution in [0.4, 0.5) is 18.9 Å². The fraction of sp³-hybridized carbons (Fsp3) is 0.400. The Labute approximate surface area is 80.7 Å². The van der Waals surface area contributed by atoms with Crippen molar-refractivity contribution in [1.82, 2.24) is 0 Å². The second-order valence-electron chi connectivity index (χ2n) is 3.50. The first-order valence-electron chi connectivity index (χ1n) is 4.29. The zero-order valence-corrected chi connectivity index (χ0v) is 8.02. The highest BCUT2D eigenvalue weighted by molar-refractivity contribution is 5.51. The van der Waals surface area contributed by atoms with Crippen molar-refractivity contribution in [3.05, 3.63) is 29.3 Å². The largest absolute Gasteiger partial charge is 0.416 e. The van der Waals surface area contributed by atoms with Crippen molar-refractivity contribution >= 4 is 5.69 Å². The molecule has 0 saturated carbocycles. The van der Waals surface area contributed by atoms with Crippen LogP contribution in [0.15, 0.2) is 18.2 Å². The van der Waals surface area contributed by atoms with E-state index < -0.39 is 11.7 Å². The quantitative estimate of drug-likeness (QED) is 0.695. The van der Waals surface area contributed by atoms with E-state index in [1.807, 2.05) is 13.8 Å². The van der Waals surface area contributed by atoms with Crippen molar-refractivity contribution < 1.29 is 13.2 Å². The number of hydrogen-bond acceptors (Lipinski definition) is 1.